The number of hydrogen-bond donors (Lipinski definition) is 1. The smallest absolute Gasteiger partial charge is 0.254 e. The minimum absolute atomic E-state index is 0.0275. The molecule has 7 heteroatoms. The molecule has 1 fully saturated rings. The van der Waals surface area contributed by atoms with Crippen LogP contribution in [0.4, 0.5) is 0 Å². The second-order valence-electron chi connectivity index (χ2n) is 5.25. The first-order chi connectivity index (χ1) is 9.84. The number of nitrogens with zero attached hydrogens (tertiary/aromatic N) is 1. The lowest BCUT2D eigenvalue weighted by atomic mass is 9.99. The van der Waals surface area contributed by atoms with Crippen LogP contribution in [-0.4, -0.2) is 31.8 Å². The van der Waals surface area contributed by atoms with E-state index < -0.39 is 10.0 Å². The van der Waals surface area contributed by atoms with Crippen LogP contribution in [0.3, 0.4) is 0 Å². The van der Waals surface area contributed by atoms with Gasteiger partial charge in [0.15, 0.2) is 0 Å². The Hall–Kier alpha value is -1.11. The molecule has 1 aliphatic heterocycles. The minimum atomic E-state index is -3.94. The Morgan fingerprint density at radius 1 is 1.43 bits per heavy atom. The summed E-state index contributed by atoms with van der Waals surface area (Å²) in [6.45, 7) is 2.75. The molecule has 0 saturated carbocycles. The molecule has 0 radical (unpaired) electrons. The lowest BCUT2D eigenvalue weighted by Crippen LogP contribution is -2.43. The highest BCUT2D eigenvalue weighted by atomic mass is 35.5. The maximum absolute atomic E-state index is 12.6. The summed E-state index contributed by atoms with van der Waals surface area (Å²) in [5.41, 5.74) is 0.309. The van der Waals surface area contributed by atoms with Crippen molar-refractivity contribution in [1.82, 2.24) is 4.90 Å². The van der Waals surface area contributed by atoms with Crippen LogP contribution < -0.4 is 5.14 Å². The van der Waals surface area contributed by atoms with Gasteiger partial charge in [0, 0.05) is 18.2 Å². The van der Waals surface area contributed by atoms with Gasteiger partial charge in [-0.2, -0.15) is 0 Å². The van der Waals surface area contributed by atoms with Gasteiger partial charge >= 0.3 is 0 Å². The summed E-state index contributed by atoms with van der Waals surface area (Å²) in [6.07, 6.45) is 3.96. The summed E-state index contributed by atoms with van der Waals surface area (Å²) in [5, 5.41) is 5.15. The third kappa shape index (κ3) is 3.56. The Labute approximate surface area is 130 Å². The maximum Gasteiger partial charge on any atom is 0.254 e. The normalized spacial score (nSPS) is 19.6. The van der Waals surface area contributed by atoms with Gasteiger partial charge in [0.2, 0.25) is 10.0 Å². The van der Waals surface area contributed by atoms with Gasteiger partial charge in [0.25, 0.3) is 5.91 Å². The summed E-state index contributed by atoms with van der Waals surface area (Å²) in [4.78, 5) is 14.2. The summed E-state index contributed by atoms with van der Waals surface area (Å²) in [7, 11) is -3.94. The lowest BCUT2D eigenvalue weighted by molar-refractivity contribution is 0.0608. The van der Waals surface area contributed by atoms with Crippen molar-refractivity contribution in [2.45, 2.75) is 43.5 Å². The van der Waals surface area contributed by atoms with E-state index in [1.165, 1.54) is 12.1 Å². The highest BCUT2D eigenvalue weighted by molar-refractivity contribution is 7.89. The number of hydrogen-bond acceptors (Lipinski definition) is 3. The number of primary sulfonamides is 1. The summed E-state index contributed by atoms with van der Waals surface area (Å²) in [5.74, 6) is -0.164. The maximum atomic E-state index is 12.6. The zero-order chi connectivity index (χ0) is 15.6. The molecular formula is C14H19ClN2O3S. The molecule has 1 aliphatic rings. The molecule has 2 N–H and O–H groups in total. The number of benzene rings is 1. The molecule has 1 atom stereocenters. The average molecular weight is 331 g/mol. The quantitative estimate of drug-likeness (QED) is 0.924. The molecule has 5 nitrogen and oxygen atoms in total. The molecule has 1 saturated heterocycles. The van der Waals surface area contributed by atoms with Crippen LogP contribution in [0.1, 0.15) is 43.0 Å². The fourth-order valence-electron chi connectivity index (χ4n) is 2.71. The SMILES string of the molecule is CCC1CCCCN1C(=O)c1ccc(Cl)c(S(N)(=O)=O)c1. The van der Waals surface area contributed by atoms with Gasteiger partial charge in [-0.15, -0.1) is 0 Å². The van der Waals surface area contributed by atoms with E-state index in [4.69, 9.17) is 16.7 Å². The van der Waals surface area contributed by atoms with E-state index in [1.807, 2.05) is 11.8 Å². The van der Waals surface area contributed by atoms with Crippen molar-refractivity contribution in [3.05, 3.63) is 28.8 Å². The highest BCUT2D eigenvalue weighted by Gasteiger charge is 2.27. The number of halogens is 1. The fourth-order valence-corrected chi connectivity index (χ4v) is 3.78. The predicted octanol–water partition coefficient (Wildman–Crippen LogP) is 2.39. The Morgan fingerprint density at radius 2 is 2.14 bits per heavy atom. The average Bonchev–Trinajstić information content (AvgIpc) is 2.45. The Bertz CT molecular complexity index is 646. The van der Waals surface area contributed by atoms with Crippen LogP contribution in [-0.2, 0) is 10.0 Å². The molecule has 0 aromatic heterocycles. The predicted molar refractivity (Wildman–Crippen MR) is 81.8 cm³/mol. The summed E-state index contributed by atoms with van der Waals surface area (Å²) in [6, 6.07) is 4.42. The summed E-state index contributed by atoms with van der Waals surface area (Å²) < 4.78 is 23.0. The van der Waals surface area contributed by atoms with Crippen molar-refractivity contribution in [2.24, 2.45) is 5.14 Å². The van der Waals surface area contributed by atoms with E-state index in [-0.39, 0.29) is 21.9 Å². The third-order valence-corrected chi connectivity index (χ3v) is 5.24. The van der Waals surface area contributed by atoms with Crippen LogP contribution in [0.15, 0.2) is 23.1 Å². The standard InChI is InChI=1S/C14H19ClN2O3S/c1-2-11-5-3-4-8-17(11)14(18)10-6-7-12(15)13(9-10)21(16,19)20/h6-7,9,11H,2-5,8H2,1H3,(H2,16,19,20). The molecule has 1 heterocycles. The Morgan fingerprint density at radius 3 is 2.76 bits per heavy atom. The van der Waals surface area contributed by atoms with Gasteiger partial charge in [0.1, 0.15) is 4.90 Å². The molecule has 2 rings (SSSR count). The van der Waals surface area contributed by atoms with E-state index in [0.29, 0.717) is 12.1 Å². The third-order valence-electron chi connectivity index (χ3n) is 3.84. The number of nitrogens with two attached hydrogens (primary N) is 1. The number of piperidine rings is 1. The van der Waals surface area contributed by atoms with E-state index >= 15 is 0 Å². The molecule has 0 spiro atoms. The van der Waals surface area contributed by atoms with Gasteiger partial charge in [-0.25, -0.2) is 13.6 Å². The van der Waals surface area contributed by atoms with Crippen LogP contribution in [0.2, 0.25) is 5.02 Å². The zero-order valence-corrected chi connectivity index (χ0v) is 13.5. The second-order valence-corrected chi connectivity index (χ2v) is 7.18. The van der Waals surface area contributed by atoms with Gasteiger partial charge in [-0.1, -0.05) is 18.5 Å². The number of carbonyl (C=O) groups excluding carboxylic acids is 1. The van der Waals surface area contributed by atoms with Gasteiger partial charge < -0.3 is 4.90 Å². The monoisotopic (exact) mass is 330 g/mol. The molecule has 1 unspecified atom stereocenters. The molecule has 21 heavy (non-hydrogen) atoms. The zero-order valence-electron chi connectivity index (χ0n) is 11.9. The number of sulfonamides is 1. The largest absolute Gasteiger partial charge is 0.336 e. The number of carbonyl (C=O) groups is 1. The van der Waals surface area contributed by atoms with Crippen LogP contribution in [0, 0.1) is 0 Å². The van der Waals surface area contributed by atoms with E-state index in [9.17, 15) is 13.2 Å². The highest BCUT2D eigenvalue weighted by Crippen LogP contribution is 2.25. The second kappa shape index (κ2) is 6.34. The van der Waals surface area contributed by atoms with Crippen LogP contribution >= 0.6 is 11.6 Å². The Balaban J connectivity index is 2.35. The number of rotatable bonds is 3. The van der Waals surface area contributed by atoms with Crippen molar-refractivity contribution in [3.63, 3.8) is 0 Å². The Kier molecular flexibility index (Phi) is 4.91. The first-order valence-electron chi connectivity index (χ1n) is 6.98. The molecular weight excluding hydrogens is 312 g/mol. The van der Waals surface area contributed by atoms with Gasteiger partial charge in [-0.05, 0) is 43.9 Å². The van der Waals surface area contributed by atoms with Crippen molar-refractivity contribution in [1.29, 1.82) is 0 Å². The van der Waals surface area contributed by atoms with E-state index in [0.717, 1.165) is 25.7 Å². The number of amides is 1. The number of likely N-dealkylation sites (tertiary alicyclic amines) is 1. The van der Waals surface area contributed by atoms with Crippen molar-refractivity contribution < 1.29 is 13.2 Å². The van der Waals surface area contributed by atoms with Crippen molar-refractivity contribution >= 4 is 27.5 Å². The van der Waals surface area contributed by atoms with Crippen molar-refractivity contribution in [3.8, 4) is 0 Å². The van der Waals surface area contributed by atoms with Gasteiger partial charge in [-0.3, -0.25) is 4.79 Å². The lowest BCUT2D eigenvalue weighted by Gasteiger charge is -2.35. The van der Waals surface area contributed by atoms with Crippen LogP contribution in [0.5, 0.6) is 0 Å². The molecule has 0 bridgehead atoms. The molecule has 0 aliphatic carbocycles. The minimum Gasteiger partial charge on any atom is -0.336 e. The summed E-state index contributed by atoms with van der Waals surface area (Å²) >= 11 is 5.84. The van der Waals surface area contributed by atoms with Crippen molar-refractivity contribution in [2.75, 3.05) is 6.54 Å². The topological polar surface area (TPSA) is 80.5 Å². The van der Waals surface area contributed by atoms with Crippen LogP contribution in [0.25, 0.3) is 0 Å². The molecule has 1 amide bonds. The molecule has 116 valence electrons. The van der Waals surface area contributed by atoms with Gasteiger partial charge in [0.05, 0.1) is 5.02 Å². The van der Waals surface area contributed by atoms with E-state index in [1.54, 1.807) is 6.07 Å². The van der Waals surface area contributed by atoms with E-state index in [2.05, 4.69) is 0 Å². The molecule has 1 aromatic rings. The first kappa shape index (κ1) is 16.3. The first-order valence-corrected chi connectivity index (χ1v) is 8.90. The fraction of sp³-hybridized carbons (Fsp3) is 0.500. The molecule has 1 aromatic carbocycles.